The van der Waals surface area contributed by atoms with Gasteiger partial charge in [-0.25, -0.2) is 18.4 Å². The molecule has 1 aromatic carbocycles. The normalized spacial score (nSPS) is 10.7. The molecule has 0 aliphatic carbocycles. The van der Waals surface area contributed by atoms with E-state index in [2.05, 4.69) is 31.9 Å². The first-order valence-corrected chi connectivity index (χ1v) is 10.0. The number of thiophene rings is 1. The molecule has 0 spiro atoms. The number of carbonyl (C=O) groups excluding carboxylic acids is 1. The average molecular weight is 513 g/mol. The van der Waals surface area contributed by atoms with Crippen LogP contribution in [0.15, 0.2) is 22.0 Å². The molecule has 1 aromatic heterocycles. The number of anilines is 1. The van der Waals surface area contributed by atoms with Crippen LogP contribution in [0.1, 0.15) is 28.4 Å². The van der Waals surface area contributed by atoms with Crippen LogP contribution in [0.2, 0.25) is 0 Å². The molecule has 26 heavy (non-hydrogen) atoms. The van der Waals surface area contributed by atoms with Crippen molar-refractivity contribution in [3.8, 4) is 0 Å². The molecule has 0 radical (unpaired) electrons. The molecular weight excluding hydrogens is 500 g/mol. The Hall–Kier alpha value is -1.52. The fraction of sp³-hybridized carbons (Fsp3) is 0.250. The summed E-state index contributed by atoms with van der Waals surface area (Å²) >= 11 is 7.45. The van der Waals surface area contributed by atoms with Gasteiger partial charge in [0.15, 0.2) is 0 Å². The van der Waals surface area contributed by atoms with Crippen LogP contribution in [0.5, 0.6) is 0 Å². The second kappa shape index (κ2) is 8.92. The Balaban J connectivity index is 2.60. The lowest BCUT2D eigenvalue weighted by molar-refractivity contribution is 0.0697. The van der Waals surface area contributed by atoms with Crippen LogP contribution in [-0.4, -0.2) is 23.8 Å². The topological polar surface area (TPSA) is 66.8 Å². The average Bonchev–Trinajstić information content (AvgIpc) is 2.91. The number of hydrogen-bond donors (Lipinski definition) is 1. The smallest absolute Gasteiger partial charge is 0.415 e. The van der Waals surface area contributed by atoms with Gasteiger partial charge in [0.2, 0.25) is 0 Å². The lowest BCUT2D eigenvalue weighted by Gasteiger charge is -2.22. The van der Waals surface area contributed by atoms with Crippen molar-refractivity contribution in [3.05, 3.63) is 50.3 Å². The molecule has 5 nitrogen and oxygen atoms in total. The molecule has 10 heteroatoms. The minimum Gasteiger partial charge on any atom is -0.478 e. The number of halogens is 4. The first-order valence-electron chi connectivity index (χ1n) is 7.29. The van der Waals surface area contributed by atoms with Crippen LogP contribution in [-0.2, 0) is 16.6 Å². The van der Waals surface area contributed by atoms with Gasteiger partial charge in [0.1, 0.15) is 16.6 Å². The van der Waals surface area contributed by atoms with Crippen LogP contribution in [0.3, 0.4) is 0 Å². The highest BCUT2D eigenvalue weighted by Crippen LogP contribution is 2.41. The Morgan fingerprint density at radius 3 is 2.38 bits per heavy atom. The molecule has 0 fully saturated rings. The standard InChI is InChI=1S/C16H13Br2F2NO4S/c1-2-25-16(24)21(7-9-10(19)4-3-5-11(9)20)14-12(15(22)23)8(6-17)13(18)26-14/h3-5H,2,6-7H2,1H3,(H,22,23). The summed E-state index contributed by atoms with van der Waals surface area (Å²) in [5.41, 5.74) is -0.0776. The van der Waals surface area contributed by atoms with Crippen LogP contribution < -0.4 is 4.90 Å². The zero-order valence-electron chi connectivity index (χ0n) is 13.4. The largest absolute Gasteiger partial charge is 0.478 e. The summed E-state index contributed by atoms with van der Waals surface area (Å²) in [7, 11) is 0. The quantitative estimate of drug-likeness (QED) is 0.515. The second-order valence-corrected chi connectivity index (χ2v) is 7.84. The summed E-state index contributed by atoms with van der Waals surface area (Å²) in [6, 6.07) is 3.33. The molecule has 0 aliphatic heterocycles. The lowest BCUT2D eigenvalue weighted by atomic mass is 10.1. The first-order chi connectivity index (χ1) is 12.3. The van der Waals surface area contributed by atoms with Gasteiger partial charge in [0.25, 0.3) is 0 Å². The van der Waals surface area contributed by atoms with Crippen molar-refractivity contribution in [2.45, 2.75) is 18.8 Å². The molecule has 0 aliphatic rings. The molecule has 0 atom stereocenters. The zero-order chi connectivity index (χ0) is 19.4. The Bertz CT molecular complexity index is 824. The van der Waals surface area contributed by atoms with Crippen molar-refractivity contribution >= 4 is 60.3 Å². The van der Waals surface area contributed by atoms with E-state index in [1.807, 2.05) is 0 Å². The van der Waals surface area contributed by atoms with Crippen LogP contribution in [0.4, 0.5) is 18.6 Å². The summed E-state index contributed by atoms with van der Waals surface area (Å²) in [5.74, 6) is -2.94. The third-order valence-corrected chi connectivity index (χ3v) is 5.97. The van der Waals surface area contributed by atoms with Crippen molar-refractivity contribution in [1.82, 2.24) is 0 Å². The van der Waals surface area contributed by atoms with Crippen molar-refractivity contribution in [2.75, 3.05) is 11.5 Å². The Labute approximate surface area is 168 Å². The predicted molar refractivity (Wildman–Crippen MR) is 101 cm³/mol. The Morgan fingerprint density at radius 2 is 1.88 bits per heavy atom. The first kappa shape index (κ1) is 20.8. The number of nitrogens with zero attached hydrogens (tertiary/aromatic N) is 1. The maximum atomic E-state index is 14.0. The van der Waals surface area contributed by atoms with Gasteiger partial charge < -0.3 is 9.84 Å². The molecule has 140 valence electrons. The van der Waals surface area contributed by atoms with Crippen molar-refractivity contribution in [1.29, 1.82) is 0 Å². The van der Waals surface area contributed by atoms with Gasteiger partial charge in [-0.1, -0.05) is 22.0 Å². The van der Waals surface area contributed by atoms with Gasteiger partial charge in [-0.05, 0) is 35.0 Å². The van der Waals surface area contributed by atoms with Crippen LogP contribution >= 0.6 is 43.2 Å². The minimum atomic E-state index is -1.26. The van der Waals surface area contributed by atoms with Gasteiger partial charge in [0, 0.05) is 16.5 Å². The fourth-order valence-corrected chi connectivity index (χ4v) is 5.17. The van der Waals surface area contributed by atoms with E-state index >= 15 is 0 Å². The van der Waals surface area contributed by atoms with E-state index in [0.717, 1.165) is 28.4 Å². The summed E-state index contributed by atoms with van der Waals surface area (Å²) in [4.78, 5) is 25.1. The van der Waals surface area contributed by atoms with Crippen molar-refractivity contribution < 1.29 is 28.2 Å². The maximum Gasteiger partial charge on any atom is 0.415 e. The number of carboxylic acids is 1. The zero-order valence-corrected chi connectivity index (χ0v) is 17.4. The highest BCUT2D eigenvalue weighted by atomic mass is 79.9. The minimum absolute atomic E-state index is 0.0232. The Kier molecular flexibility index (Phi) is 7.13. The van der Waals surface area contributed by atoms with E-state index in [4.69, 9.17) is 4.74 Å². The lowest BCUT2D eigenvalue weighted by Crippen LogP contribution is -2.32. The molecule has 1 amide bonds. The molecule has 0 unspecified atom stereocenters. The summed E-state index contributed by atoms with van der Waals surface area (Å²) in [5, 5.41) is 9.81. The maximum absolute atomic E-state index is 14.0. The molecule has 0 saturated heterocycles. The summed E-state index contributed by atoms with van der Waals surface area (Å²) in [6.45, 7) is 1.09. The highest BCUT2D eigenvalue weighted by Gasteiger charge is 2.30. The van der Waals surface area contributed by atoms with Crippen molar-refractivity contribution in [2.24, 2.45) is 0 Å². The monoisotopic (exact) mass is 511 g/mol. The number of ether oxygens (including phenoxy) is 1. The third-order valence-electron chi connectivity index (χ3n) is 3.40. The Morgan fingerprint density at radius 1 is 1.27 bits per heavy atom. The fourth-order valence-electron chi connectivity index (χ4n) is 2.22. The van der Waals surface area contributed by atoms with Crippen LogP contribution in [0.25, 0.3) is 0 Å². The van der Waals surface area contributed by atoms with Gasteiger partial charge in [-0.15, -0.1) is 11.3 Å². The third kappa shape index (κ3) is 4.24. The van der Waals surface area contributed by atoms with Gasteiger partial charge in [0.05, 0.1) is 22.5 Å². The second-order valence-electron chi connectivity index (χ2n) is 4.96. The van der Waals surface area contributed by atoms with E-state index in [0.29, 0.717) is 9.35 Å². The number of alkyl halides is 1. The number of carbonyl (C=O) groups is 2. The predicted octanol–water partition coefficient (Wildman–Crippen LogP) is 5.55. The van der Waals surface area contributed by atoms with E-state index in [-0.39, 0.29) is 28.1 Å². The molecule has 2 aromatic rings. The molecule has 2 rings (SSSR count). The number of rotatable bonds is 6. The number of carboxylic acid groups (broad SMARTS) is 1. The summed E-state index contributed by atoms with van der Waals surface area (Å²) in [6.07, 6.45) is -0.896. The number of amides is 1. The molecular formula is C16H13Br2F2NO4S. The van der Waals surface area contributed by atoms with E-state index < -0.39 is 30.2 Å². The molecule has 1 N–H and O–H groups in total. The van der Waals surface area contributed by atoms with E-state index in [1.54, 1.807) is 6.92 Å². The van der Waals surface area contributed by atoms with E-state index in [1.165, 1.54) is 6.07 Å². The number of benzene rings is 1. The SMILES string of the molecule is CCOC(=O)N(Cc1c(F)cccc1F)c1sc(Br)c(CBr)c1C(=O)O. The van der Waals surface area contributed by atoms with Crippen LogP contribution in [0, 0.1) is 11.6 Å². The van der Waals surface area contributed by atoms with Crippen molar-refractivity contribution in [3.63, 3.8) is 0 Å². The van der Waals surface area contributed by atoms with Gasteiger partial charge >= 0.3 is 12.1 Å². The number of hydrogen-bond acceptors (Lipinski definition) is 4. The van der Waals surface area contributed by atoms with Gasteiger partial charge in [-0.3, -0.25) is 4.90 Å². The molecule has 1 heterocycles. The molecule has 0 bridgehead atoms. The summed E-state index contributed by atoms with van der Waals surface area (Å²) < 4.78 is 33.5. The highest BCUT2D eigenvalue weighted by molar-refractivity contribution is 9.11. The molecule has 0 saturated carbocycles. The van der Waals surface area contributed by atoms with Gasteiger partial charge in [-0.2, -0.15) is 0 Å². The van der Waals surface area contributed by atoms with E-state index in [9.17, 15) is 23.5 Å². The number of aromatic carboxylic acids is 1.